The second kappa shape index (κ2) is 5.77. The van der Waals surface area contributed by atoms with Crippen LogP contribution < -0.4 is 11.1 Å². The van der Waals surface area contributed by atoms with Crippen molar-refractivity contribution in [1.82, 2.24) is 20.0 Å². The minimum atomic E-state index is -0.261. The van der Waals surface area contributed by atoms with E-state index in [9.17, 15) is 4.79 Å². The first-order chi connectivity index (χ1) is 9.08. The molecule has 0 unspecified atom stereocenters. The van der Waals surface area contributed by atoms with Gasteiger partial charge in [-0.05, 0) is 18.6 Å². The molecule has 3 N–H and O–H groups in total. The molecule has 0 aromatic carbocycles. The lowest BCUT2D eigenvalue weighted by Gasteiger charge is -2.07. The third-order valence-electron chi connectivity index (χ3n) is 2.35. The molecule has 2 heterocycles. The Labute approximate surface area is 114 Å². The zero-order valence-corrected chi connectivity index (χ0v) is 11.1. The summed E-state index contributed by atoms with van der Waals surface area (Å²) < 4.78 is 1.41. The highest BCUT2D eigenvalue weighted by atomic mass is 35.5. The van der Waals surface area contributed by atoms with E-state index < -0.39 is 0 Å². The normalized spacial score (nSPS) is 10.5. The molecule has 0 saturated carbocycles. The van der Waals surface area contributed by atoms with Crippen molar-refractivity contribution in [2.75, 3.05) is 5.32 Å². The number of nitrogens with one attached hydrogen (secondary N) is 1. The minimum Gasteiger partial charge on any atom is -0.325 e. The van der Waals surface area contributed by atoms with Crippen LogP contribution in [-0.2, 0) is 17.9 Å². The summed E-state index contributed by atoms with van der Waals surface area (Å²) in [6.45, 7) is 2.19. The summed E-state index contributed by atoms with van der Waals surface area (Å²) in [5.74, 6) is -0.261. The van der Waals surface area contributed by atoms with Crippen LogP contribution in [0.3, 0.4) is 0 Å². The number of rotatable bonds is 4. The summed E-state index contributed by atoms with van der Waals surface area (Å²) in [6.07, 6.45) is 3.25. The zero-order valence-electron chi connectivity index (χ0n) is 10.3. The molecule has 0 atom stereocenters. The Morgan fingerprint density at radius 2 is 2.37 bits per heavy atom. The molecule has 8 heteroatoms. The summed E-state index contributed by atoms with van der Waals surface area (Å²) in [6, 6.07) is 1.75. The van der Waals surface area contributed by atoms with E-state index in [1.165, 1.54) is 4.68 Å². The number of carbonyl (C=O) groups is 1. The van der Waals surface area contributed by atoms with E-state index in [2.05, 4.69) is 20.6 Å². The number of nitrogens with zero attached hydrogens (tertiary/aromatic N) is 4. The predicted molar refractivity (Wildman–Crippen MR) is 70.5 cm³/mol. The van der Waals surface area contributed by atoms with Gasteiger partial charge in [0, 0.05) is 12.7 Å². The average molecular weight is 281 g/mol. The number of anilines is 1. The number of aromatic nitrogens is 4. The standard InChI is InChI=1S/C11H13ClN6O/c1-7-2-9(11(12)14-4-7)15-10(19)6-18-5-8(3-13)16-17-18/h2,4-5H,3,6,13H2,1H3,(H,15,19). The fraction of sp³-hybridized carbons (Fsp3) is 0.273. The second-order valence-corrected chi connectivity index (χ2v) is 4.37. The summed E-state index contributed by atoms with van der Waals surface area (Å²) in [7, 11) is 0. The number of amides is 1. The number of pyridine rings is 1. The molecule has 0 fully saturated rings. The third-order valence-corrected chi connectivity index (χ3v) is 2.65. The Balaban J connectivity index is 2.03. The van der Waals surface area contributed by atoms with Gasteiger partial charge in [0.2, 0.25) is 5.91 Å². The Bertz CT molecular complexity index is 597. The van der Waals surface area contributed by atoms with Crippen molar-refractivity contribution in [2.24, 2.45) is 5.73 Å². The van der Waals surface area contributed by atoms with E-state index in [0.29, 0.717) is 11.4 Å². The zero-order chi connectivity index (χ0) is 13.8. The Morgan fingerprint density at radius 3 is 3.05 bits per heavy atom. The van der Waals surface area contributed by atoms with Crippen molar-refractivity contribution in [2.45, 2.75) is 20.0 Å². The molecule has 0 aliphatic heterocycles. The molecule has 0 spiro atoms. The van der Waals surface area contributed by atoms with E-state index >= 15 is 0 Å². The molecule has 7 nitrogen and oxygen atoms in total. The van der Waals surface area contributed by atoms with Crippen LogP contribution >= 0.6 is 11.6 Å². The lowest BCUT2D eigenvalue weighted by Crippen LogP contribution is -2.19. The predicted octanol–water partition coefficient (Wildman–Crippen LogP) is 0.732. The van der Waals surface area contributed by atoms with Crippen LogP contribution in [0.1, 0.15) is 11.3 Å². The molecule has 2 aromatic heterocycles. The SMILES string of the molecule is Cc1cnc(Cl)c(NC(=O)Cn2cc(CN)nn2)c1. The lowest BCUT2D eigenvalue weighted by molar-refractivity contribution is -0.116. The van der Waals surface area contributed by atoms with E-state index in [4.69, 9.17) is 17.3 Å². The van der Waals surface area contributed by atoms with Gasteiger partial charge in [-0.25, -0.2) is 9.67 Å². The van der Waals surface area contributed by atoms with Crippen molar-refractivity contribution >= 4 is 23.2 Å². The van der Waals surface area contributed by atoms with Gasteiger partial charge in [0.15, 0.2) is 5.15 Å². The fourth-order valence-corrected chi connectivity index (χ4v) is 1.64. The molecule has 2 aromatic rings. The maximum Gasteiger partial charge on any atom is 0.246 e. The first-order valence-corrected chi connectivity index (χ1v) is 5.97. The van der Waals surface area contributed by atoms with Gasteiger partial charge < -0.3 is 11.1 Å². The smallest absolute Gasteiger partial charge is 0.246 e. The molecule has 0 saturated heterocycles. The molecular formula is C11H13ClN6O. The van der Waals surface area contributed by atoms with Gasteiger partial charge in [0.05, 0.1) is 17.6 Å². The second-order valence-electron chi connectivity index (χ2n) is 4.01. The highest BCUT2D eigenvalue weighted by Crippen LogP contribution is 2.19. The maximum absolute atomic E-state index is 11.8. The number of hydrogen-bond acceptors (Lipinski definition) is 5. The molecule has 1 amide bonds. The first kappa shape index (κ1) is 13.4. The maximum atomic E-state index is 11.8. The van der Waals surface area contributed by atoms with Gasteiger partial charge in [0.25, 0.3) is 0 Å². The summed E-state index contributed by atoms with van der Waals surface area (Å²) in [4.78, 5) is 15.8. The van der Waals surface area contributed by atoms with Crippen LogP contribution in [0, 0.1) is 6.92 Å². The number of nitrogens with two attached hydrogens (primary N) is 1. The third kappa shape index (κ3) is 3.49. The van der Waals surface area contributed by atoms with Crippen LogP contribution in [0.5, 0.6) is 0 Å². The number of hydrogen-bond donors (Lipinski definition) is 2. The van der Waals surface area contributed by atoms with Crippen LogP contribution in [0.4, 0.5) is 5.69 Å². The Kier molecular flexibility index (Phi) is 4.08. The van der Waals surface area contributed by atoms with Gasteiger partial charge in [-0.15, -0.1) is 5.10 Å². The molecule has 2 rings (SSSR count). The van der Waals surface area contributed by atoms with Gasteiger partial charge in [-0.1, -0.05) is 16.8 Å². The minimum absolute atomic E-state index is 0.0390. The molecule has 0 bridgehead atoms. The monoisotopic (exact) mass is 280 g/mol. The number of halogens is 1. The van der Waals surface area contributed by atoms with Gasteiger partial charge in [-0.2, -0.15) is 0 Å². The van der Waals surface area contributed by atoms with Crippen molar-refractivity contribution < 1.29 is 4.79 Å². The van der Waals surface area contributed by atoms with Crippen LogP contribution in [0.2, 0.25) is 5.15 Å². The van der Waals surface area contributed by atoms with Crippen molar-refractivity contribution in [3.63, 3.8) is 0 Å². The Hall–Kier alpha value is -1.99. The quantitative estimate of drug-likeness (QED) is 0.805. The van der Waals surface area contributed by atoms with Crippen molar-refractivity contribution in [1.29, 1.82) is 0 Å². The lowest BCUT2D eigenvalue weighted by atomic mass is 10.3. The topological polar surface area (TPSA) is 98.7 Å². The van der Waals surface area contributed by atoms with E-state index in [0.717, 1.165) is 5.56 Å². The molecule has 19 heavy (non-hydrogen) atoms. The van der Waals surface area contributed by atoms with Gasteiger partial charge in [-0.3, -0.25) is 4.79 Å². The van der Waals surface area contributed by atoms with Crippen molar-refractivity contribution in [3.05, 3.63) is 34.9 Å². The average Bonchev–Trinajstić information content (AvgIpc) is 2.81. The highest BCUT2D eigenvalue weighted by molar-refractivity contribution is 6.32. The van der Waals surface area contributed by atoms with E-state index in [1.807, 2.05) is 6.92 Å². The van der Waals surface area contributed by atoms with Crippen LogP contribution in [0.15, 0.2) is 18.5 Å². The summed E-state index contributed by atoms with van der Waals surface area (Å²) in [5, 5.41) is 10.5. The highest BCUT2D eigenvalue weighted by Gasteiger charge is 2.09. The van der Waals surface area contributed by atoms with Gasteiger partial charge in [0.1, 0.15) is 6.54 Å². The number of carbonyl (C=O) groups excluding carboxylic acids is 1. The molecule has 0 aliphatic carbocycles. The largest absolute Gasteiger partial charge is 0.325 e. The molecule has 100 valence electrons. The van der Waals surface area contributed by atoms with Crippen LogP contribution in [0.25, 0.3) is 0 Å². The summed E-state index contributed by atoms with van der Waals surface area (Å²) in [5.41, 5.74) is 7.43. The van der Waals surface area contributed by atoms with E-state index in [-0.39, 0.29) is 24.1 Å². The molecule has 0 radical (unpaired) electrons. The fourth-order valence-electron chi connectivity index (χ4n) is 1.49. The van der Waals surface area contributed by atoms with Gasteiger partial charge >= 0.3 is 0 Å². The Morgan fingerprint density at radius 1 is 1.58 bits per heavy atom. The van der Waals surface area contributed by atoms with Crippen LogP contribution in [-0.4, -0.2) is 25.9 Å². The summed E-state index contributed by atoms with van der Waals surface area (Å²) >= 11 is 5.89. The molecular weight excluding hydrogens is 268 g/mol. The first-order valence-electron chi connectivity index (χ1n) is 5.59. The number of aryl methyl sites for hydroxylation is 1. The van der Waals surface area contributed by atoms with Crippen molar-refractivity contribution in [3.8, 4) is 0 Å². The van der Waals surface area contributed by atoms with E-state index in [1.54, 1.807) is 18.5 Å². The molecule has 0 aliphatic rings.